The Morgan fingerprint density at radius 3 is 2.40 bits per heavy atom. The maximum atomic E-state index is 12.1. The lowest BCUT2D eigenvalue weighted by Crippen LogP contribution is -2.37. The van der Waals surface area contributed by atoms with E-state index in [0.717, 1.165) is 24.9 Å². The smallest absolute Gasteiger partial charge is 0.104 e. The Labute approximate surface area is 92.7 Å². The van der Waals surface area contributed by atoms with E-state index in [1.54, 1.807) is 7.05 Å². The Morgan fingerprint density at radius 1 is 1.13 bits per heavy atom. The van der Waals surface area contributed by atoms with E-state index in [2.05, 4.69) is 6.92 Å². The van der Waals surface area contributed by atoms with Gasteiger partial charge >= 0.3 is 0 Å². The van der Waals surface area contributed by atoms with Gasteiger partial charge in [0.2, 0.25) is 0 Å². The van der Waals surface area contributed by atoms with Gasteiger partial charge in [-0.25, -0.2) is 0 Å². The molecule has 2 heteroatoms. The van der Waals surface area contributed by atoms with Gasteiger partial charge in [0.25, 0.3) is 0 Å². The molecule has 15 heavy (non-hydrogen) atoms. The molecule has 0 fully saturated rings. The first-order chi connectivity index (χ1) is 7.14. The predicted molar refractivity (Wildman–Crippen MR) is 64.1 cm³/mol. The van der Waals surface area contributed by atoms with Gasteiger partial charge in [-0.05, 0) is 12.8 Å². The van der Waals surface area contributed by atoms with Crippen LogP contribution in [0.4, 0.5) is 0 Å². The molecule has 1 aromatic rings. The standard InChI is InChI=1S/C13H21NO/c1-3-4-8-11-14(2,15)12-13-9-6-5-7-10-13/h5-7,9-10H,3-4,8,11-12H2,1-2H3/t14-/m1/s1. The first kappa shape index (κ1) is 12.2. The van der Waals surface area contributed by atoms with E-state index in [1.165, 1.54) is 6.42 Å². The first-order valence-corrected chi connectivity index (χ1v) is 5.73. The van der Waals surface area contributed by atoms with E-state index in [9.17, 15) is 5.21 Å². The van der Waals surface area contributed by atoms with Crippen LogP contribution in [-0.4, -0.2) is 18.2 Å². The molecule has 0 saturated heterocycles. The van der Waals surface area contributed by atoms with Crippen LogP contribution in [0.2, 0.25) is 0 Å². The van der Waals surface area contributed by atoms with Crippen molar-refractivity contribution >= 4 is 0 Å². The summed E-state index contributed by atoms with van der Waals surface area (Å²) in [4.78, 5) is 0. The number of quaternary nitrogens is 1. The molecule has 1 aromatic carbocycles. The summed E-state index contributed by atoms with van der Waals surface area (Å²) in [7, 11) is 1.77. The molecule has 0 N–H and O–H groups in total. The number of rotatable bonds is 6. The van der Waals surface area contributed by atoms with Crippen LogP contribution >= 0.6 is 0 Å². The molecule has 0 aliphatic carbocycles. The molecule has 0 radical (unpaired) electrons. The number of hydrogen-bond donors (Lipinski definition) is 0. The minimum atomic E-state index is -0.149. The molecule has 2 nitrogen and oxygen atoms in total. The molecule has 0 unspecified atom stereocenters. The SMILES string of the molecule is CCCCC[N@@+](C)([O-])Cc1ccccc1. The first-order valence-electron chi connectivity index (χ1n) is 5.73. The lowest BCUT2D eigenvalue weighted by molar-refractivity contribution is -0.874. The van der Waals surface area contributed by atoms with Gasteiger partial charge in [-0.2, -0.15) is 0 Å². The normalized spacial score (nSPS) is 14.9. The van der Waals surface area contributed by atoms with Crippen LogP contribution in [0.1, 0.15) is 31.7 Å². The van der Waals surface area contributed by atoms with Crippen LogP contribution in [0.5, 0.6) is 0 Å². The van der Waals surface area contributed by atoms with Crippen molar-refractivity contribution in [2.45, 2.75) is 32.7 Å². The highest BCUT2D eigenvalue weighted by atomic mass is 16.5. The van der Waals surface area contributed by atoms with E-state index in [1.807, 2.05) is 30.3 Å². The van der Waals surface area contributed by atoms with E-state index in [0.29, 0.717) is 6.54 Å². The van der Waals surface area contributed by atoms with Crippen molar-refractivity contribution in [1.82, 2.24) is 0 Å². The lowest BCUT2D eigenvalue weighted by Gasteiger charge is -2.38. The predicted octanol–water partition coefficient (Wildman–Crippen LogP) is 3.32. The van der Waals surface area contributed by atoms with Gasteiger partial charge in [0.1, 0.15) is 6.54 Å². The Morgan fingerprint density at radius 2 is 1.80 bits per heavy atom. The molecule has 0 heterocycles. The van der Waals surface area contributed by atoms with Crippen molar-refractivity contribution in [2.75, 3.05) is 13.6 Å². The zero-order chi connectivity index (χ0) is 11.1. The van der Waals surface area contributed by atoms with Crippen molar-refractivity contribution in [2.24, 2.45) is 0 Å². The van der Waals surface area contributed by atoms with Gasteiger partial charge in [-0.15, -0.1) is 0 Å². The lowest BCUT2D eigenvalue weighted by atomic mass is 10.2. The third-order valence-corrected chi connectivity index (χ3v) is 2.59. The van der Waals surface area contributed by atoms with Crippen molar-refractivity contribution < 1.29 is 4.65 Å². The zero-order valence-electron chi connectivity index (χ0n) is 9.78. The van der Waals surface area contributed by atoms with Crippen molar-refractivity contribution in [3.63, 3.8) is 0 Å². The minimum absolute atomic E-state index is 0.149. The Hall–Kier alpha value is -0.860. The van der Waals surface area contributed by atoms with Crippen LogP contribution in [0, 0.1) is 5.21 Å². The number of hydroxylamine groups is 3. The van der Waals surface area contributed by atoms with Gasteiger partial charge in [-0.1, -0.05) is 43.7 Å². The number of hydrogen-bond acceptors (Lipinski definition) is 1. The molecule has 1 atom stereocenters. The molecule has 0 aliphatic heterocycles. The van der Waals surface area contributed by atoms with Gasteiger partial charge in [0.05, 0.1) is 13.6 Å². The summed E-state index contributed by atoms with van der Waals surface area (Å²) in [5.41, 5.74) is 1.13. The molecule has 0 amide bonds. The van der Waals surface area contributed by atoms with E-state index >= 15 is 0 Å². The monoisotopic (exact) mass is 207 g/mol. The van der Waals surface area contributed by atoms with E-state index < -0.39 is 0 Å². The molecular formula is C13H21NO. The fraction of sp³-hybridized carbons (Fsp3) is 0.538. The maximum Gasteiger partial charge on any atom is 0.104 e. The van der Waals surface area contributed by atoms with Crippen LogP contribution < -0.4 is 0 Å². The molecule has 0 spiro atoms. The fourth-order valence-electron chi connectivity index (χ4n) is 1.74. The molecular weight excluding hydrogens is 186 g/mol. The Kier molecular flexibility index (Phi) is 4.79. The van der Waals surface area contributed by atoms with E-state index in [4.69, 9.17) is 0 Å². The molecule has 0 aromatic heterocycles. The second-order valence-electron chi connectivity index (χ2n) is 4.37. The van der Waals surface area contributed by atoms with Crippen LogP contribution in [-0.2, 0) is 6.54 Å². The van der Waals surface area contributed by atoms with Crippen molar-refractivity contribution in [1.29, 1.82) is 0 Å². The quantitative estimate of drug-likeness (QED) is 0.398. The molecule has 0 saturated carbocycles. The number of benzene rings is 1. The summed E-state index contributed by atoms with van der Waals surface area (Å²) in [6, 6.07) is 10.0. The average Bonchev–Trinajstić information content (AvgIpc) is 2.18. The van der Waals surface area contributed by atoms with Crippen LogP contribution in [0.15, 0.2) is 30.3 Å². The van der Waals surface area contributed by atoms with Crippen LogP contribution in [0.25, 0.3) is 0 Å². The summed E-state index contributed by atoms with van der Waals surface area (Å²) >= 11 is 0. The summed E-state index contributed by atoms with van der Waals surface area (Å²) < 4.78 is -0.149. The van der Waals surface area contributed by atoms with Gasteiger partial charge < -0.3 is 9.85 Å². The summed E-state index contributed by atoms with van der Waals surface area (Å²) in [6.07, 6.45) is 3.36. The molecule has 84 valence electrons. The highest BCUT2D eigenvalue weighted by Gasteiger charge is 2.09. The highest BCUT2D eigenvalue weighted by Crippen LogP contribution is 2.11. The van der Waals surface area contributed by atoms with Crippen molar-refractivity contribution in [3.8, 4) is 0 Å². The Balaban J connectivity index is 2.42. The highest BCUT2D eigenvalue weighted by molar-refractivity contribution is 5.13. The van der Waals surface area contributed by atoms with E-state index in [-0.39, 0.29) is 4.65 Å². The maximum absolute atomic E-state index is 12.1. The molecule has 1 rings (SSSR count). The number of nitrogens with zero attached hydrogens (tertiary/aromatic N) is 1. The minimum Gasteiger partial charge on any atom is -0.633 e. The third kappa shape index (κ3) is 4.96. The topological polar surface area (TPSA) is 23.1 Å². The van der Waals surface area contributed by atoms with Gasteiger partial charge in [-0.3, -0.25) is 0 Å². The Bertz CT molecular complexity index is 269. The fourth-order valence-corrected chi connectivity index (χ4v) is 1.74. The zero-order valence-corrected chi connectivity index (χ0v) is 9.78. The van der Waals surface area contributed by atoms with Gasteiger partial charge in [0.15, 0.2) is 0 Å². The molecule has 0 aliphatic rings. The van der Waals surface area contributed by atoms with Gasteiger partial charge in [0, 0.05) is 5.56 Å². The summed E-state index contributed by atoms with van der Waals surface area (Å²) in [5.74, 6) is 0. The van der Waals surface area contributed by atoms with Crippen molar-refractivity contribution in [3.05, 3.63) is 41.1 Å². The summed E-state index contributed by atoms with van der Waals surface area (Å²) in [6.45, 7) is 3.47. The summed E-state index contributed by atoms with van der Waals surface area (Å²) in [5, 5.41) is 12.1. The second-order valence-corrected chi connectivity index (χ2v) is 4.37. The average molecular weight is 207 g/mol. The molecule has 0 bridgehead atoms. The third-order valence-electron chi connectivity index (χ3n) is 2.59. The second kappa shape index (κ2) is 5.89. The largest absolute Gasteiger partial charge is 0.633 e. The number of unbranched alkanes of at least 4 members (excludes halogenated alkanes) is 2. The van der Waals surface area contributed by atoms with Crippen LogP contribution in [0.3, 0.4) is 0 Å².